The van der Waals surface area contributed by atoms with Crippen molar-refractivity contribution in [3.05, 3.63) is 11.5 Å². The SMILES string of the molecule is O=C1O[C@H]([C@@H](O)COP(=O)([O-])[O-])C([O-])=C1OP(=O)([O-])[O-].[Na+].[Na+].[Na+].[Na+].[Na+]. The van der Waals surface area contributed by atoms with E-state index in [1.165, 1.54) is 0 Å². The molecule has 1 aliphatic rings. The molecule has 2 atom stereocenters. The summed E-state index contributed by atoms with van der Waals surface area (Å²) < 4.78 is 31.8. The van der Waals surface area contributed by atoms with Crippen molar-refractivity contribution >= 4 is 21.6 Å². The third-order valence-electron chi connectivity index (χ3n) is 1.86. The number of rotatable bonds is 6. The topological polar surface area (TPSA) is 214 Å². The minimum atomic E-state index is -5.70. The molecule has 0 saturated carbocycles. The number of cyclic esters (lactones) is 1. The van der Waals surface area contributed by atoms with E-state index in [1.807, 2.05) is 0 Å². The van der Waals surface area contributed by atoms with E-state index in [1.54, 1.807) is 0 Å². The van der Waals surface area contributed by atoms with E-state index < -0.39 is 51.9 Å². The van der Waals surface area contributed by atoms with Crippen LogP contribution < -0.4 is 172 Å². The molecule has 1 rings (SSSR count). The fourth-order valence-corrected chi connectivity index (χ4v) is 1.88. The Labute approximate surface area is 252 Å². The van der Waals surface area contributed by atoms with Crippen LogP contribution in [-0.2, 0) is 27.7 Å². The fourth-order valence-electron chi connectivity index (χ4n) is 1.15. The van der Waals surface area contributed by atoms with Crippen molar-refractivity contribution in [3.63, 3.8) is 0 Å². The molecule has 0 fully saturated rings. The Morgan fingerprint density at radius 2 is 1.48 bits per heavy atom. The standard InChI is InChI=1S/C6H10O12P2.5Na/c7-2(1-16-19(10,11)12)4-3(8)5(6(9)17-4)18-20(13,14)15;;;;;/h2,4,7-8H,1H2,(H2,10,11,12)(H2,13,14,15);;;;;/q;5*+1/p-5/t2-,4+;;;;;/m0...../s1. The van der Waals surface area contributed by atoms with Crippen LogP contribution in [0.5, 0.6) is 0 Å². The molecule has 0 saturated heterocycles. The van der Waals surface area contributed by atoms with Gasteiger partial charge in [0.05, 0.1) is 14.4 Å². The number of aliphatic hydroxyl groups is 1. The van der Waals surface area contributed by atoms with Crippen LogP contribution in [0, 0.1) is 0 Å². The van der Waals surface area contributed by atoms with E-state index in [-0.39, 0.29) is 148 Å². The summed E-state index contributed by atoms with van der Waals surface area (Å²) in [4.78, 5) is 51.9. The largest absolute Gasteiger partial charge is 1.00 e. The number of hydrogen-bond acceptors (Lipinski definition) is 12. The fraction of sp³-hybridized carbons (Fsp3) is 0.500. The molecule has 0 aromatic heterocycles. The predicted octanol–water partition coefficient (Wildman–Crippen LogP) is -20.4. The smallest absolute Gasteiger partial charge is 0.870 e. The Kier molecular flexibility index (Phi) is 26.4. The summed E-state index contributed by atoms with van der Waals surface area (Å²) in [5.74, 6) is -4.63. The molecule has 1 N–H and O–H groups in total. The maximum Gasteiger partial charge on any atom is 1.00 e. The summed E-state index contributed by atoms with van der Waals surface area (Å²) in [5.41, 5.74) is 0. The zero-order valence-corrected chi connectivity index (χ0v) is 26.0. The van der Waals surface area contributed by atoms with Crippen molar-refractivity contribution in [1.82, 2.24) is 0 Å². The Balaban J connectivity index is -0.000000267. The molecule has 116 valence electrons. The van der Waals surface area contributed by atoms with E-state index in [0.29, 0.717) is 0 Å². The number of carbonyl (C=O) groups excluding carboxylic acids is 1. The van der Waals surface area contributed by atoms with Gasteiger partial charge >= 0.3 is 154 Å². The van der Waals surface area contributed by atoms with Gasteiger partial charge in [-0.3, -0.25) is 0 Å². The zero-order chi connectivity index (χ0) is 15.7. The second kappa shape index (κ2) is 16.7. The molecule has 1 heterocycles. The van der Waals surface area contributed by atoms with Gasteiger partial charge in [-0.2, -0.15) is 0 Å². The van der Waals surface area contributed by atoms with E-state index in [0.717, 1.165) is 0 Å². The molecule has 0 aromatic carbocycles. The van der Waals surface area contributed by atoms with Crippen LogP contribution in [0.3, 0.4) is 0 Å². The van der Waals surface area contributed by atoms with E-state index in [4.69, 9.17) is 0 Å². The first-order chi connectivity index (χ1) is 8.91. The van der Waals surface area contributed by atoms with Crippen LogP contribution in [-0.4, -0.2) is 29.9 Å². The van der Waals surface area contributed by atoms with Crippen molar-refractivity contribution in [2.75, 3.05) is 6.61 Å². The summed E-state index contributed by atoms with van der Waals surface area (Å²) in [6, 6.07) is 0. The van der Waals surface area contributed by atoms with Crippen LogP contribution in [0.1, 0.15) is 0 Å². The van der Waals surface area contributed by atoms with Crippen molar-refractivity contribution in [1.29, 1.82) is 0 Å². The van der Waals surface area contributed by atoms with Crippen LogP contribution in [0.2, 0.25) is 0 Å². The van der Waals surface area contributed by atoms with Crippen LogP contribution in [0.15, 0.2) is 11.5 Å². The normalized spacial score (nSPS) is 17.5. The molecule has 0 bridgehead atoms. The van der Waals surface area contributed by atoms with Crippen LogP contribution >= 0.6 is 15.6 Å². The number of esters is 1. The molecule has 0 spiro atoms. The average Bonchev–Trinajstić information content (AvgIpc) is 2.51. The summed E-state index contributed by atoms with van der Waals surface area (Å²) in [7, 11) is -11.1. The number of carbonyl (C=O) groups is 1. The Morgan fingerprint density at radius 3 is 1.84 bits per heavy atom. The molecular weight excluding hydrogens is 441 g/mol. The van der Waals surface area contributed by atoms with Gasteiger partial charge in [0, 0.05) is 0 Å². The number of phosphoric acid groups is 2. The van der Waals surface area contributed by atoms with E-state index in [2.05, 4.69) is 13.8 Å². The second-order valence-corrected chi connectivity index (χ2v) is 5.60. The zero-order valence-electron chi connectivity index (χ0n) is 14.2. The van der Waals surface area contributed by atoms with E-state index >= 15 is 0 Å². The van der Waals surface area contributed by atoms with Gasteiger partial charge < -0.3 is 52.7 Å². The monoisotopic (exact) mass is 446 g/mol. The molecule has 12 nitrogen and oxygen atoms in total. The minimum absolute atomic E-state index is 0. The molecule has 0 aliphatic carbocycles. The van der Waals surface area contributed by atoms with Gasteiger partial charge in [-0.25, -0.2) is 4.79 Å². The van der Waals surface area contributed by atoms with Gasteiger partial charge in [0.15, 0.2) is 0 Å². The van der Waals surface area contributed by atoms with Crippen molar-refractivity contribution in [2.24, 2.45) is 0 Å². The predicted molar refractivity (Wildman–Crippen MR) is 45.2 cm³/mol. The number of ether oxygens (including phenoxy) is 1. The first-order valence-electron chi connectivity index (χ1n) is 4.59. The molecule has 1 aliphatic heterocycles. The molecule has 0 unspecified atom stereocenters. The van der Waals surface area contributed by atoms with E-state index in [9.17, 15) is 43.7 Å². The number of aliphatic hydroxyl groups excluding tert-OH is 1. The molecule has 19 heteroatoms. The number of phosphoric ester groups is 2. The Bertz CT molecular complexity index is 530. The van der Waals surface area contributed by atoms with Crippen molar-refractivity contribution < 1.29 is 205 Å². The van der Waals surface area contributed by atoms with Gasteiger partial charge in [0.2, 0.25) is 5.76 Å². The average molecular weight is 446 g/mol. The van der Waals surface area contributed by atoms with Crippen molar-refractivity contribution in [2.45, 2.75) is 12.2 Å². The Morgan fingerprint density at radius 1 is 1.04 bits per heavy atom. The Hall–Kier alpha value is 4.03. The summed E-state index contributed by atoms with van der Waals surface area (Å²) in [6.07, 6.45) is -4.14. The molecule has 0 amide bonds. The summed E-state index contributed by atoms with van der Waals surface area (Å²) >= 11 is 0. The summed E-state index contributed by atoms with van der Waals surface area (Å²) in [5, 5.41) is 20.7. The van der Waals surface area contributed by atoms with Gasteiger partial charge in [0.1, 0.15) is 20.0 Å². The van der Waals surface area contributed by atoms with Gasteiger partial charge in [-0.1, -0.05) is 0 Å². The quantitative estimate of drug-likeness (QED) is 0.229. The van der Waals surface area contributed by atoms with Gasteiger partial charge in [0.25, 0.3) is 0 Å². The first-order valence-corrected chi connectivity index (χ1v) is 7.51. The van der Waals surface area contributed by atoms with Crippen LogP contribution in [0.25, 0.3) is 0 Å². The summed E-state index contributed by atoms with van der Waals surface area (Å²) in [6.45, 7) is -1.21. The minimum Gasteiger partial charge on any atom is -0.870 e. The number of hydrogen-bond donors (Lipinski definition) is 1. The van der Waals surface area contributed by atoms with Gasteiger partial charge in [-0.05, 0) is 5.76 Å². The van der Waals surface area contributed by atoms with Crippen molar-refractivity contribution in [3.8, 4) is 0 Å². The maximum atomic E-state index is 11.4. The second-order valence-electron chi connectivity index (χ2n) is 3.37. The van der Waals surface area contributed by atoms with Crippen LogP contribution in [0.4, 0.5) is 0 Å². The third kappa shape index (κ3) is 15.5. The maximum absolute atomic E-state index is 11.4. The molecule has 25 heavy (non-hydrogen) atoms. The molecular formula is C6H5Na5O12P2. The first kappa shape index (κ1) is 39.5. The molecule has 0 radical (unpaired) electrons. The third-order valence-corrected chi connectivity index (χ3v) is 2.73. The van der Waals surface area contributed by atoms with Gasteiger partial charge in [-0.15, -0.1) is 0 Å². The molecule has 0 aromatic rings.